The molecule has 158 valence electrons. The summed E-state index contributed by atoms with van der Waals surface area (Å²) in [5.41, 5.74) is 3.37. The minimum absolute atomic E-state index is 0.0558. The molecule has 30 heavy (non-hydrogen) atoms. The summed E-state index contributed by atoms with van der Waals surface area (Å²) in [5.74, 6) is 2.51. The van der Waals surface area contributed by atoms with Crippen LogP contribution in [0.4, 0.5) is 0 Å². The average Bonchev–Trinajstić information content (AvgIpc) is 3.38. The van der Waals surface area contributed by atoms with Crippen molar-refractivity contribution in [2.75, 3.05) is 19.6 Å². The number of benzene rings is 2. The Hall–Kier alpha value is -1.80. The van der Waals surface area contributed by atoms with Crippen molar-refractivity contribution in [2.45, 2.75) is 44.2 Å². The zero-order chi connectivity index (χ0) is 20.1. The van der Waals surface area contributed by atoms with Gasteiger partial charge in [-0.05, 0) is 5.56 Å². The molecule has 4 aliphatic rings. The second-order valence-electron chi connectivity index (χ2n) is 9.04. The SMILES string of the molecule is O=C1c2cc3c(cc2C2(CC2)N1CCC1CCN(Cc2ccccc2)CC1)O[I-]O3. The molecule has 0 unspecified atom stereocenters. The second-order valence-corrected chi connectivity index (χ2v) is 10.3. The van der Waals surface area contributed by atoms with E-state index >= 15 is 0 Å². The maximum absolute atomic E-state index is 13.2. The molecule has 1 spiro atoms. The van der Waals surface area contributed by atoms with Crippen LogP contribution in [0.2, 0.25) is 0 Å². The number of rotatable bonds is 5. The fourth-order valence-electron chi connectivity index (χ4n) is 5.37. The summed E-state index contributed by atoms with van der Waals surface area (Å²) in [7, 11) is 0. The number of piperidine rings is 1. The van der Waals surface area contributed by atoms with E-state index in [4.69, 9.17) is 6.13 Å². The number of carbonyl (C=O) groups is 1. The van der Waals surface area contributed by atoms with Gasteiger partial charge in [0.25, 0.3) is 0 Å². The third kappa shape index (κ3) is 3.19. The number of carbonyl (C=O) groups excluding carboxylic acids is 1. The van der Waals surface area contributed by atoms with E-state index in [9.17, 15) is 4.79 Å². The van der Waals surface area contributed by atoms with Crippen molar-refractivity contribution < 1.29 is 33.0 Å². The fourth-order valence-corrected chi connectivity index (χ4v) is 6.54. The molecule has 5 nitrogen and oxygen atoms in total. The van der Waals surface area contributed by atoms with Crippen LogP contribution in [-0.2, 0) is 12.1 Å². The minimum atomic E-state index is -0.697. The van der Waals surface area contributed by atoms with Crippen molar-refractivity contribution >= 4 is 5.91 Å². The Kier molecular flexibility index (Phi) is 4.67. The zero-order valence-corrected chi connectivity index (χ0v) is 19.1. The Morgan fingerprint density at radius 2 is 1.77 bits per heavy atom. The third-order valence-electron chi connectivity index (χ3n) is 7.25. The summed E-state index contributed by atoms with van der Waals surface area (Å²) in [6.45, 7) is 4.23. The van der Waals surface area contributed by atoms with Gasteiger partial charge in [-0.1, -0.05) is 30.3 Å². The Labute approximate surface area is 188 Å². The molecule has 0 radical (unpaired) electrons. The molecule has 3 heterocycles. The third-order valence-corrected chi connectivity index (χ3v) is 8.56. The zero-order valence-electron chi connectivity index (χ0n) is 17.0. The second kappa shape index (κ2) is 7.41. The molecule has 1 saturated carbocycles. The van der Waals surface area contributed by atoms with Crippen LogP contribution in [-0.4, -0.2) is 35.3 Å². The topological polar surface area (TPSA) is 42.0 Å². The Morgan fingerprint density at radius 1 is 1.03 bits per heavy atom. The van der Waals surface area contributed by atoms with Crippen LogP contribution in [0.1, 0.15) is 53.6 Å². The van der Waals surface area contributed by atoms with Crippen LogP contribution in [0.5, 0.6) is 11.5 Å². The summed E-state index contributed by atoms with van der Waals surface area (Å²) in [6.07, 6.45) is 5.73. The molecule has 0 atom stereocenters. The first-order chi connectivity index (χ1) is 14.7. The predicted molar refractivity (Wildman–Crippen MR) is 109 cm³/mol. The van der Waals surface area contributed by atoms with Crippen LogP contribution >= 0.6 is 0 Å². The number of fused-ring (bicyclic) bond motifs is 3. The van der Waals surface area contributed by atoms with Crippen LogP contribution in [0, 0.1) is 5.92 Å². The van der Waals surface area contributed by atoms with Gasteiger partial charge in [0.2, 0.25) is 0 Å². The van der Waals surface area contributed by atoms with Crippen LogP contribution in [0.3, 0.4) is 0 Å². The maximum atomic E-state index is 13.2. The van der Waals surface area contributed by atoms with Gasteiger partial charge in [0.15, 0.2) is 0 Å². The van der Waals surface area contributed by atoms with Gasteiger partial charge < -0.3 is 0 Å². The first-order valence-electron chi connectivity index (χ1n) is 11.0. The molecule has 1 amide bonds. The van der Waals surface area contributed by atoms with Crippen LogP contribution < -0.4 is 28.2 Å². The van der Waals surface area contributed by atoms with E-state index in [0.717, 1.165) is 62.5 Å². The fraction of sp³-hybridized carbons (Fsp3) is 0.458. The monoisotopic (exact) mass is 517 g/mol. The summed E-state index contributed by atoms with van der Waals surface area (Å²) >= 11 is -0.697. The van der Waals surface area contributed by atoms with Crippen molar-refractivity contribution in [3.8, 4) is 11.5 Å². The van der Waals surface area contributed by atoms with Crippen molar-refractivity contribution in [1.82, 2.24) is 9.80 Å². The standard InChI is InChI=1S/C24H26IN2O3/c28-23-19-14-21-22(30-25-29-21)15-20(19)24(9-10-24)27(23)13-8-17-6-11-26(12-7-17)16-18-4-2-1-3-5-18/h1-5,14-15,17H,6-13,16H2/q-1. The van der Waals surface area contributed by atoms with Gasteiger partial charge in [-0.15, -0.1) is 0 Å². The molecule has 0 bridgehead atoms. The first-order valence-corrected chi connectivity index (χ1v) is 12.7. The van der Waals surface area contributed by atoms with E-state index in [1.54, 1.807) is 0 Å². The summed E-state index contributed by atoms with van der Waals surface area (Å²) < 4.78 is 11.3. The van der Waals surface area contributed by atoms with E-state index in [-0.39, 0.29) is 11.4 Å². The molecular weight excluding hydrogens is 491 g/mol. The number of hydrogen-bond donors (Lipinski definition) is 0. The first kappa shape index (κ1) is 18.9. The Bertz CT molecular complexity index is 968. The van der Waals surface area contributed by atoms with E-state index in [1.807, 2.05) is 6.07 Å². The van der Waals surface area contributed by atoms with Gasteiger partial charge in [-0.3, -0.25) is 0 Å². The average molecular weight is 517 g/mol. The van der Waals surface area contributed by atoms with Gasteiger partial charge in [-0.2, -0.15) is 0 Å². The molecule has 6 heteroatoms. The van der Waals surface area contributed by atoms with Crippen molar-refractivity contribution in [1.29, 1.82) is 0 Å². The summed E-state index contributed by atoms with van der Waals surface area (Å²) in [4.78, 5) is 17.9. The Balaban J connectivity index is 1.08. The van der Waals surface area contributed by atoms with Crippen molar-refractivity contribution in [2.24, 2.45) is 5.92 Å². The number of hydrogen-bond acceptors (Lipinski definition) is 4. The molecule has 2 aromatic rings. The molecular formula is C24H26IN2O3-. The van der Waals surface area contributed by atoms with Crippen LogP contribution in [0.15, 0.2) is 42.5 Å². The molecule has 6 rings (SSSR count). The predicted octanol–water partition coefficient (Wildman–Crippen LogP) is 1.12. The quantitative estimate of drug-likeness (QED) is 0.558. The van der Waals surface area contributed by atoms with E-state index in [1.165, 1.54) is 24.0 Å². The molecule has 1 saturated heterocycles. The van der Waals surface area contributed by atoms with Crippen LogP contribution in [0.25, 0.3) is 0 Å². The molecule has 2 fully saturated rings. The number of nitrogens with zero attached hydrogens (tertiary/aromatic N) is 2. The van der Waals surface area contributed by atoms with Crippen molar-refractivity contribution in [3.05, 3.63) is 59.2 Å². The Morgan fingerprint density at radius 3 is 2.50 bits per heavy atom. The molecule has 0 N–H and O–H groups in total. The van der Waals surface area contributed by atoms with Gasteiger partial charge in [0.05, 0.1) is 0 Å². The number of amides is 1. The molecule has 2 aromatic carbocycles. The number of likely N-dealkylation sites (tertiary alicyclic amines) is 1. The van der Waals surface area contributed by atoms with Gasteiger partial charge in [0, 0.05) is 6.54 Å². The molecule has 0 aromatic heterocycles. The van der Waals surface area contributed by atoms with E-state index in [0.29, 0.717) is 5.92 Å². The number of halogens is 1. The van der Waals surface area contributed by atoms with E-state index in [2.05, 4.69) is 46.2 Å². The van der Waals surface area contributed by atoms with Gasteiger partial charge in [-0.25, -0.2) is 0 Å². The summed E-state index contributed by atoms with van der Waals surface area (Å²) in [5, 5.41) is 0. The van der Waals surface area contributed by atoms with Gasteiger partial charge in [0.1, 0.15) is 0 Å². The normalized spacial score (nSPS) is 22.3. The summed E-state index contributed by atoms with van der Waals surface area (Å²) in [6, 6.07) is 14.8. The van der Waals surface area contributed by atoms with Crippen molar-refractivity contribution in [3.63, 3.8) is 0 Å². The van der Waals surface area contributed by atoms with E-state index < -0.39 is 22.0 Å². The molecule has 1 aliphatic carbocycles. The van der Waals surface area contributed by atoms with Gasteiger partial charge >= 0.3 is 147 Å². The molecule has 3 aliphatic heterocycles.